The quantitative estimate of drug-likeness (QED) is 0.682. The van der Waals surface area contributed by atoms with Crippen LogP contribution in [0.15, 0.2) is 42.5 Å². The van der Waals surface area contributed by atoms with E-state index in [1.54, 1.807) is 6.07 Å². The summed E-state index contributed by atoms with van der Waals surface area (Å²) in [4.78, 5) is 25.0. The van der Waals surface area contributed by atoms with Gasteiger partial charge in [-0.15, -0.1) is 0 Å². The summed E-state index contributed by atoms with van der Waals surface area (Å²) >= 11 is 0. The molecule has 1 N–H and O–H groups in total. The van der Waals surface area contributed by atoms with E-state index in [9.17, 15) is 9.59 Å². The van der Waals surface area contributed by atoms with E-state index in [0.29, 0.717) is 17.4 Å². The zero-order valence-electron chi connectivity index (χ0n) is 16.9. The summed E-state index contributed by atoms with van der Waals surface area (Å²) < 4.78 is 15.7. The summed E-state index contributed by atoms with van der Waals surface area (Å²) in [5.41, 5.74) is 2.03. The molecule has 6 heteroatoms. The van der Waals surface area contributed by atoms with Crippen LogP contribution < -0.4 is 14.8 Å². The number of amides is 1. The van der Waals surface area contributed by atoms with Gasteiger partial charge in [-0.2, -0.15) is 0 Å². The van der Waals surface area contributed by atoms with Crippen molar-refractivity contribution in [3.8, 4) is 11.5 Å². The molecule has 2 aromatic rings. The summed E-state index contributed by atoms with van der Waals surface area (Å²) in [6.07, 6.45) is -0.00979. The van der Waals surface area contributed by atoms with Crippen molar-refractivity contribution >= 4 is 17.6 Å². The molecular formula is C22H27NO5. The fourth-order valence-corrected chi connectivity index (χ4v) is 2.70. The predicted octanol–water partition coefficient (Wildman–Crippen LogP) is 4.40. The highest BCUT2D eigenvalue weighted by atomic mass is 16.5. The van der Waals surface area contributed by atoms with Crippen LogP contribution in [0.25, 0.3) is 0 Å². The van der Waals surface area contributed by atoms with E-state index in [0.717, 1.165) is 17.7 Å². The zero-order valence-corrected chi connectivity index (χ0v) is 16.9. The molecule has 0 aliphatic heterocycles. The standard InChI is InChI=1S/C22H27NO5/c1-6-14(2)19-9-7-8-10-20(19)23-21(24)15(3)28-22(25)16-11-17(26-4)13-18(12-16)27-5/h7-15H,6H2,1-5H3,(H,23,24)/t14-,15+/m0/s1. The number of hydrogen-bond donors (Lipinski definition) is 1. The lowest BCUT2D eigenvalue weighted by atomic mass is 9.97. The van der Waals surface area contributed by atoms with E-state index in [-0.39, 0.29) is 11.5 Å². The second-order valence-corrected chi connectivity index (χ2v) is 6.53. The summed E-state index contributed by atoms with van der Waals surface area (Å²) in [5, 5.41) is 2.86. The van der Waals surface area contributed by atoms with Gasteiger partial charge in [-0.3, -0.25) is 4.79 Å². The van der Waals surface area contributed by atoms with Gasteiger partial charge in [0.15, 0.2) is 6.10 Å². The van der Waals surface area contributed by atoms with Crippen LogP contribution in [-0.4, -0.2) is 32.2 Å². The normalized spacial score (nSPS) is 12.6. The molecular weight excluding hydrogens is 358 g/mol. The zero-order chi connectivity index (χ0) is 20.7. The molecule has 0 radical (unpaired) electrons. The van der Waals surface area contributed by atoms with Crippen LogP contribution in [0.2, 0.25) is 0 Å². The number of anilines is 1. The van der Waals surface area contributed by atoms with Gasteiger partial charge >= 0.3 is 5.97 Å². The Hall–Kier alpha value is -3.02. The Morgan fingerprint density at radius 1 is 1.00 bits per heavy atom. The summed E-state index contributed by atoms with van der Waals surface area (Å²) in [5.74, 6) is 0.212. The summed E-state index contributed by atoms with van der Waals surface area (Å²) in [6, 6.07) is 12.4. The van der Waals surface area contributed by atoms with E-state index in [1.165, 1.54) is 33.3 Å². The van der Waals surface area contributed by atoms with Gasteiger partial charge in [-0.25, -0.2) is 4.79 Å². The molecule has 0 saturated heterocycles. The molecule has 2 atom stereocenters. The van der Waals surface area contributed by atoms with Crippen LogP contribution in [0.3, 0.4) is 0 Å². The van der Waals surface area contributed by atoms with Crippen molar-refractivity contribution in [1.29, 1.82) is 0 Å². The number of para-hydroxylation sites is 1. The molecule has 2 aromatic carbocycles. The molecule has 0 saturated carbocycles. The lowest BCUT2D eigenvalue weighted by molar-refractivity contribution is -0.123. The van der Waals surface area contributed by atoms with Gasteiger partial charge in [0.2, 0.25) is 0 Å². The highest BCUT2D eigenvalue weighted by Crippen LogP contribution is 2.27. The van der Waals surface area contributed by atoms with Crippen LogP contribution in [0.5, 0.6) is 11.5 Å². The Morgan fingerprint density at radius 2 is 1.61 bits per heavy atom. The molecule has 0 spiro atoms. The van der Waals surface area contributed by atoms with Gasteiger partial charge in [0, 0.05) is 11.8 Å². The Balaban J connectivity index is 2.10. The maximum atomic E-state index is 12.6. The molecule has 0 aliphatic rings. The molecule has 2 rings (SSSR count). The van der Waals surface area contributed by atoms with Crippen molar-refractivity contribution in [3.05, 3.63) is 53.6 Å². The molecule has 0 bridgehead atoms. The highest BCUT2D eigenvalue weighted by Gasteiger charge is 2.21. The number of esters is 1. The summed E-state index contributed by atoms with van der Waals surface area (Å²) in [6.45, 7) is 5.73. The monoisotopic (exact) mass is 385 g/mol. The number of hydrogen-bond acceptors (Lipinski definition) is 5. The Kier molecular flexibility index (Phi) is 7.44. The molecule has 28 heavy (non-hydrogen) atoms. The van der Waals surface area contributed by atoms with Gasteiger partial charge in [0.25, 0.3) is 5.91 Å². The smallest absolute Gasteiger partial charge is 0.339 e. The number of methoxy groups -OCH3 is 2. The minimum atomic E-state index is -0.963. The van der Waals surface area contributed by atoms with E-state index < -0.39 is 12.1 Å². The SMILES string of the molecule is CC[C@H](C)c1ccccc1NC(=O)[C@@H](C)OC(=O)c1cc(OC)cc(OC)c1. The van der Waals surface area contributed by atoms with Crippen LogP contribution in [0.1, 0.15) is 49.0 Å². The van der Waals surface area contributed by atoms with E-state index in [4.69, 9.17) is 14.2 Å². The minimum absolute atomic E-state index is 0.246. The van der Waals surface area contributed by atoms with Gasteiger partial charge in [0.1, 0.15) is 11.5 Å². The molecule has 0 aromatic heterocycles. The number of rotatable bonds is 8. The second kappa shape index (κ2) is 9.78. The number of ether oxygens (including phenoxy) is 3. The molecule has 150 valence electrons. The van der Waals surface area contributed by atoms with Crippen LogP contribution in [0, 0.1) is 0 Å². The van der Waals surface area contributed by atoms with Crippen LogP contribution in [-0.2, 0) is 9.53 Å². The minimum Gasteiger partial charge on any atom is -0.497 e. The first kappa shape index (κ1) is 21.3. The number of nitrogens with one attached hydrogen (secondary N) is 1. The lowest BCUT2D eigenvalue weighted by Crippen LogP contribution is -2.30. The fraction of sp³-hybridized carbons (Fsp3) is 0.364. The number of benzene rings is 2. The van der Waals surface area contributed by atoms with Crippen molar-refractivity contribution in [2.45, 2.75) is 39.2 Å². The van der Waals surface area contributed by atoms with Gasteiger partial charge in [0.05, 0.1) is 19.8 Å². The van der Waals surface area contributed by atoms with Gasteiger partial charge < -0.3 is 19.5 Å². The maximum Gasteiger partial charge on any atom is 0.339 e. The van der Waals surface area contributed by atoms with Crippen LogP contribution >= 0.6 is 0 Å². The second-order valence-electron chi connectivity index (χ2n) is 6.53. The largest absolute Gasteiger partial charge is 0.497 e. The van der Waals surface area contributed by atoms with E-state index in [2.05, 4.69) is 19.2 Å². The van der Waals surface area contributed by atoms with E-state index >= 15 is 0 Å². The average molecular weight is 385 g/mol. The van der Waals surface area contributed by atoms with Crippen molar-refractivity contribution < 1.29 is 23.8 Å². The maximum absolute atomic E-state index is 12.6. The Labute approximate surface area is 165 Å². The molecule has 0 aliphatic carbocycles. The molecule has 0 unspecified atom stereocenters. The van der Waals surface area contributed by atoms with Gasteiger partial charge in [-0.1, -0.05) is 32.0 Å². The third-order valence-corrected chi connectivity index (χ3v) is 4.60. The molecule has 0 fully saturated rings. The Bertz CT molecular complexity index is 811. The average Bonchev–Trinajstić information content (AvgIpc) is 2.72. The first-order valence-corrected chi connectivity index (χ1v) is 9.23. The number of carbonyl (C=O) groups is 2. The first-order chi connectivity index (χ1) is 13.4. The Morgan fingerprint density at radius 3 is 2.18 bits per heavy atom. The lowest BCUT2D eigenvalue weighted by Gasteiger charge is -2.18. The molecule has 6 nitrogen and oxygen atoms in total. The van der Waals surface area contributed by atoms with E-state index in [1.807, 2.05) is 24.3 Å². The first-order valence-electron chi connectivity index (χ1n) is 9.23. The fourth-order valence-electron chi connectivity index (χ4n) is 2.70. The summed E-state index contributed by atoms with van der Waals surface area (Å²) in [7, 11) is 2.99. The van der Waals surface area contributed by atoms with Crippen molar-refractivity contribution in [2.75, 3.05) is 19.5 Å². The van der Waals surface area contributed by atoms with Crippen molar-refractivity contribution in [1.82, 2.24) is 0 Å². The highest BCUT2D eigenvalue weighted by molar-refractivity contribution is 5.98. The van der Waals surface area contributed by atoms with Crippen molar-refractivity contribution in [3.63, 3.8) is 0 Å². The third-order valence-electron chi connectivity index (χ3n) is 4.60. The number of carbonyl (C=O) groups excluding carboxylic acids is 2. The van der Waals surface area contributed by atoms with Gasteiger partial charge in [-0.05, 0) is 43.0 Å². The third kappa shape index (κ3) is 5.25. The topological polar surface area (TPSA) is 73.9 Å². The predicted molar refractivity (Wildman–Crippen MR) is 108 cm³/mol. The van der Waals surface area contributed by atoms with Crippen molar-refractivity contribution in [2.24, 2.45) is 0 Å². The molecule has 1 amide bonds. The van der Waals surface area contributed by atoms with Crippen LogP contribution in [0.4, 0.5) is 5.69 Å². The molecule has 0 heterocycles.